The van der Waals surface area contributed by atoms with E-state index in [0.717, 1.165) is 26.2 Å². The zero-order valence-corrected chi connectivity index (χ0v) is 8.58. The average molecular weight is 210 g/mol. The van der Waals surface area contributed by atoms with Gasteiger partial charge in [0.25, 0.3) is 0 Å². The van der Waals surface area contributed by atoms with E-state index >= 15 is 0 Å². The van der Waals surface area contributed by atoms with Crippen molar-refractivity contribution in [2.45, 2.75) is 12.8 Å². The van der Waals surface area contributed by atoms with Gasteiger partial charge in [-0.3, -0.25) is 0 Å². The van der Waals surface area contributed by atoms with Crippen molar-refractivity contribution in [3.8, 4) is 0 Å². The third-order valence-electron chi connectivity index (χ3n) is 2.54. The molecule has 1 aromatic heterocycles. The molecule has 0 aliphatic carbocycles. The van der Waals surface area contributed by atoms with E-state index in [2.05, 4.69) is 10.3 Å². The summed E-state index contributed by atoms with van der Waals surface area (Å²) in [5.74, 6) is 0.671. The van der Waals surface area contributed by atoms with Crippen molar-refractivity contribution in [1.29, 1.82) is 0 Å². The van der Waals surface area contributed by atoms with Gasteiger partial charge in [0.05, 0.1) is 6.61 Å². The van der Waals surface area contributed by atoms with Crippen LogP contribution >= 0.6 is 0 Å². The van der Waals surface area contributed by atoms with Gasteiger partial charge in [-0.15, -0.1) is 0 Å². The summed E-state index contributed by atoms with van der Waals surface area (Å²) in [5, 5.41) is 3.12. The van der Waals surface area contributed by atoms with Crippen LogP contribution in [0.4, 0.5) is 10.2 Å². The van der Waals surface area contributed by atoms with Gasteiger partial charge in [0.15, 0.2) is 0 Å². The summed E-state index contributed by atoms with van der Waals surface area (Å²) in [5.41, 5.74) is 0. The van der Waals surface area contributed by atoms with Crippen LogP contribution < -0.4 is 5.32 Å². The zero-order valence-electron chi connectivity index (χ0n) is 8.58. The van der Waals surface area contributed by atoms with Crippen LogP contribution in [0.5, 0.6) is 0 Å². The second-order valence-corrected chi connectivity index (χ2v) is 3.81. The molecule has 0 radical (unpaired) electrons. The quantitative estimate of drug-likeness (QED) is 0.775. The van der Waals surface area contributed by atoms with Gasteiger partial charge in [-0.1, -0.05) is 6.07 Å². The number of hydrogen-bond acceptors (Lipinski definition) is 3. The molecular formula is C11H15FN2O. The Bertz CT molecular complexity index is 313. The molecule has 1 aliphatic heterocycles. The molecule has 15 heavy (non-hydrogen) atoms. The smallest absolute Gasteiger partial charge is 0.214 e. The van der Waals surface area contributed by atoms with Gasteiger partial charge >= 0.3 is 0 Å². The topological polar surface area (TPSA) is 34.1 Å². The standard InChI is InChI=1S/C11H15FN2O/c12-10-4-1-5-11(14-10)13-7-9-3-2-6-15-8-9/h1,4-5,9H,2-3,6-8H2,(H,13,14). The first-order valence-electron chi connectivity index (χ1n) is 5.29. The van der Waals surface area contributed by atoms with Gasteiger partial charge in [-0.05, 0) is 30.9 Å². The maximum atomic E-state index is 12.8. The molecule has 3 nitrogen and oxygen atoms in total. The van der Waals surface area contributed by atoms with Crippen molar-refractivity contribution in [1.82, 2.24) is 4.98 Å². The molecule has 1 unspecified atom stereocenters. The second kappa shape index (κ2) is 5.07. The molecule has 1 aliphatic rings. The fourth-order valence-corrected chi connectivity index (χ4v) is 1.72. The largest absolute Gasteiger partial charge is 0.381 e. The zero-order chi connectivity index (χ0) is 10.5. The predicted octanol–water partition coefficient (Wildman–Crippen LogP) is 2.06. The normalized spacial score (nSPS) is 21.3. The fraction of sp³-hybridized carbons (Fsp3) is 0.545. The monoisotopic (exact) mass is 210 g/mol. The molecule has 0 aromatic carbocycles. The van der Waals surface area contributed by atoms with Crippen LogP contribution in [0.3, 0.4) is 0 Å². The van der Waals surface area contributed by atoms with E-state index < -0.39 is 5.95 Å². The number of rotatable bonds is 3. The maximum Gasteiger partial charge on any atom is 0.214 e. The summed E-state index contributed by atoms with van der Waals surface area (Å²) in [7, 11) is 0. The number of aromatic nitrogens is 1. The highest BCUT2D eigenvalue weighted by molar-refractivity contribution is 5.33. The van der Waals surface area contributed by atoms with Gasteiger partial charge < -0.3 is 10.1 Å². The van der Waals surface area contributed by atoms with Crippen LogP contribution in [0.1, 0.15) is 12.8 Å². The van der Waals surface area contributed by atoms with Crippen molar-refractivity contribution in [3.05, 3.63) is 24.1 Å². The minimum absolute atomic E-state index is 0.445. The van der Waals surface area contributed by atoms with Crippen LogP contribution in [0, 0.1) is 11.9 Å². The second-order valence-electron chi connectivity index (χ2n) is 3.81. The molecule has 1 atom stereocenters. The van der Waals surface area contributed by atoms with E-state index in [1.54, 1.807) is 12.1 Å². The highest BCUT2D eigenvalue weighted by Gasteiger charge is 2.13. The number of halogens is 1. The summed E-state index contributed by atoms with van der Waals surface area (Å²) in [6, 6.07) is 4.77. The van der Waals surface area contributed by atoms with E-state index in [-0.39, 0.29) is 0 Å². The molecule has 0 spiro atoms. The number of anilines is 1. The molecule has 0 bridgehead atoms. The number of nitrogens with zero attached hydrogens (tertiary/aromatic N) is 1. The average Bonchev–Trinajstić information content (AvgIpc) is 2.28. The summed E-state index contributed by atoms with van der Waals surface area (Å²) in [6.45, 7) is 2.47. The molecule has 1 aromatic rings. The van der Waals surface area contributed by atoms with E-state index in [1.165, 1.54) is 12.5 Å². The van der Waals surface area contributed by atoms with E-state index in [1.807, 2.05) is 0 Å². The third kappa shape index (κ3) is 3.16. The first kappa shape index (κ1) is 10.4. The lowest BCUT2D eigenvalue weighted by atomic mass is 10.0. The Morgan fingerprint density at radius 2 is 2.47 bits per heavy atom. The van der Waals surface area contributed by atoms with Crippen molar-refractivity contribution in [3.63, 3.8) is 0 Å². The minimum Gasteiger partial charge on any atom is -0.381 e. The summed E-state index contributed by atoms with van der Waals surface area (Å²) < 4.78 is 18.1. The predicted molar refractivity (Wildman–Crippen MR) is 56.2 cm³/mol. The Morgan fingerprint density at radius 3 is 3.20 bits per heavy atom. The molecule has 1 saturated heterocycles. The molecule has 0 saturated carbocycles. The number of nitrogens with one attached hydrogen (secondary N) is 1. The Kier molecular flexibility index (Phi) is 3.50. The first-order chi connectivity index (χ1) is 7.34. The van der Waals surface area contributed by atoms with Gasteiger partial charge in [0.2, 0.25) is 5.95 Å². The maximum absolute atomic E-state index is 12.8. The summed E-state index contributed by atoms with van der Waals surface area (Å²) >= 11 is 0. The van der Waals surface area contributed by atoms with Crippen LogP contribution in [0.2, 0.25) is 0 Å². The Balaban J connectivity index is 1.81. The molecular weight excluding hydrogens is 195 g/mol. The SMILES string of the molecule is Fc1cccc(NCC2CCCOC2)n1. The molecule has 2 heterocycles. The lowest BCUT2D eigenvalue weighted by molar-refractivity contribution is 0.0595. The highest BCUT2D eigenvalue weighted by Crippen LogP contribution is 2.14. The molecule has 4 heteroatoms. The van der Waals surface area contributed by atoms with Crippen molar-refractivity contribution in [2.75, 3.05) is 25.1 Å². The third-order valence-corrected chi connectivity index (χ3v) is 2.54. The van der Waals surface area contributed by atoms with E-state index in [0.29, 0.717) is 11.7 Å². The van der Waals surface area contributed by atoms with E-state index in [9.17, 15) is 4.39 Å². The number of ether oxygens (including phenoxy) is 1. The van der Waals surface area contributed by atoms with Crippen LogP contribution in [0.15, 0.2) is 18.2 Å². The molecule has 2 rings (SSSR count). The molecule has 0 amide bonds. The first-order valence-corrected chi connectivity index (χ1v) is 5.29. The van der Waals surface area contributed by atoms with Crippen LogP contribution in [-0.4, -0.2) is 24.7 Å². The van der Waals surface area contributed by atoms with Crippen LogP contribution in [0.25, 0.3) is 0 Å². The Labute approximate surface area is 88.7 Å². The lowest BCUT2D eigenvalue weighted by Gasteiger charge is -2.22. The molecule has 1 N–H and O–H groups in total. The lowest BCUT2D eigenvalue weighted by Crippen LogP contribution is -2.24. The van der Waals surface area contributed by atoms with Gasteiger partial charge in [-0.25, -0.2) is 4.98 Å². The van der Waals surface area contributed by atoms with Crippen molar-refractivity contribution >= 4 is 5.82 Å². The highest BCUT2D eigenvalue weighted by atomic mass is 19.1. The van der Waals surface area contributed by atoms with Gasteiger partial charge in [0, 0.05) is 13.2 Å². The van der Waals surface area contributed by atoms with Crippen molar-refractivity contribution in [2.24, 2.45) is 5.92 Å². The summed E-state index contributed by atoms with van der Waals surface area (Å²) in [4.78, 5) is 3.74. The van der Waals surface area contributed by atoms with Crippen LogP contribution in [-0.2, 0) is 4.74 Å². The Morgan fingerprint density at radius 1 is 1.53 bits per heavy atom. The summed E-state index contributed by atoms with van der Waals surface area (Å²) in [6.07, 6.45) is 2.28. The van der Waals surface area contributed by atoms with Gasteiger partial charge in [-0.2, -0.15) is 4.39 Å². The van der Waals surface area contributed by atoms with Crippen molar-refractivity contribution < 1.29 is 9.13 Å². The Hall–Kier alpha value is -1.16. The molecule has 82 valence electrons. The minimum atomic E-state index is -0.445. The molecule has 1 fully saturated rings. The van der Waals surface area contributed by atoms with Gasteiger partial charge in [0.1, 0.15) is 5.82 Å². The fourth-order valence-electron chi connectivity index (χ4n) is 1.72. The number of hydrogen-bond donors (Lipinski definition) is 1. The number of pyridine rings is 1. The van der Waals surface area contributed by atoms with E-state index in [4.69, 9.17) is 4.74 Å².